The van der Waals surface area contributed by atoms with E-state index in [0.29, 0.717) is 0 Å². The molecule has 7 aromatic rings. The summed E-state index contributed by atoms with van der Waals surface area (Å²) in [6.07, 6.45) is 0. The molecule has 1 heteroatoms. The summed E-state index contributed by atoms with van der Waals surface area (Å²) in [5, 5.41) is 1.17. The quantitative estimate of drug-likeness (QED) is 0.221. The molecule has 0 unspecified atom stereocenters. The SMILES string of the molecule is c1ccc(-c2cc(-c3cccc4c3-c3ccccc3C43c4ccccc4-c4ccccc43)c3ccccc3n2)cc1. The largest absolute Gasteiger partial charge is 0.248 e. The van der Waals surface area contributed by atoms with Gasteiger partial charge in [0.05, 0.1) is 16.6 Å². The van der Waals surface area contributed by atoms with E-state index in [4.69, 9.17) is 4.98 Å². The van der Waals surface area contributed by atoms with Gasteiger partial charge in [-0.1, -0.05) is 140 Å². The summed E-state index contributed by atoms with van der Waals surface area (Å²) in [6.45, 7) is 0. The van der Waals surface area contributed by atoms with Crippen molar-refractivity contribution >= 4 is 10.9 Å². The zero-order valence-electron chi connectivity index (χ0n) is 22.4. The van der Waals surface area contributed by atoms with Gasteiger partial charge in [-0.2, -0.15) is 0 Å². The minimum atomic E-state index is -0.347. The lowest BCUT2D eigenvalue weighted by Gasteiger charge is -2.30. The van der Waals surface area contributed by atoms with Gasteiger partial charge in [0.2, 0.25) is 0 Å². The maximum atomic E-state index is 5.10. The molecule has 6 aromatic carbocycles. The molecule has 0 bridgehead atoms. The summed E-state index contributed by atoms with van der Waals surface area (Å²) in [4.78, 5) is 5.10. The monoisotopic (exact) mass is 519 g/mol. The third kappa shape index (κ3) is 2.93. The smallest absolute Gasteiger partial charge is 0.0725 e. The zero-order chi connectivity index (χ0) is 27.0. The molecule has 1 nitrogen and oxygen atoms in total. The van der Waals surface area contributed by atoms with Gasteiger partial charge in [-0.3, -0.25) is 0 Å². The van der Waals surface area contributed by atoms with Crippen LogP contribution in [0.3, 0.4) is 0 Å². The lowest BCUT2D eigenvalue weighted by atomic mass is 9.70. The van der Waals surface area contributed by atoms with Gasteiger partial charge in [-0.05, 0) is 67.8 Å². The van der Waals surface area contributed by atoms with Crippen molar-refractivity contribution < 1.29 is 0 Å². The van der Waals surface area contributed by atoms with E-state index in [9.17, 15) is 0 Å². The molecule has 1 aromatic heterocycles. The minimum Gasteiger partial charge on any atom is -0.248 e. The number of nitrogens with zero attached hydrogens (tertiary/aromatic N) is 1. The van der Waals surface area contributed by atoms with Crippen LogP contribution in [0.1, 0.15) is 22.3 Å². The summed E-state index contributed by atoms with van der Waals surface area (Å²) >= 11 is 0. The molecule has 1 heterocycles. The maximum Gasteiger partial charge on any atom is 0.0725 e. The van der Waals surface area contributed by atoms with Gasteiger partial charge in [-0.25, -0.2) is 4.98 Å². The molecule has 0 saturated heterocycles. The Morgan fingerprint density at radius 1 is 0.390 bits per heavy atom. The van der Waals surface area contributed by atoms with Crippen LogP contribution in [0.4, 0.5) is 0 Å². The predicted molar refractivity (Wildman–Crippen MR) is 169 cm³/mol. The second kappa shape index (κ2) is 8.36. The predicted octanol–water partition coefficient (Wildman–Crippen LogP) is 9.91. The van der Waals surface area contributed by atoms with E-state index in [2.05, 4.69) is 152 Å². The Hall–Kier alpha value is -5.27. The fourth-order valence-corrected chi connectivity index (χ4v) is 7.52. The topological polar surface area (TPSA) is 12.9 Å². The van der Waals surface area contributed by atoms with Crippen LogP contribution >= 0.6 is 0 Å². The highest BCUT2D eigenvalue weighted by Crippen LogP contribution is 2.64. The molecule has 0 radical (unpaired) electrons. The summed E-state index contributed by atoms with van der Waals surface area (Å²) in [6, 6.07) is 55.3. The molecule has 0 N–H and O–H groups in total. The van der Waals surface area contributed by atoms with Gasteiger partial charge >= 0.3 is 0 Å². The third-order valence-corrected chi connectivity index (χ3v) is 9.10. The van der Waals surface area contributed by atoms with Crippen molar-refractivity contribution in [3.63, 3.8) is 0 Å². The van der Waals surface area contributed by atoms with Crippen LogP contribution in [0.2, 0.25) is 0 Å². The Bertz CT molecular complexity index is 2110. The number of rotatable bonds is 2. The maximum absolute atomic E-state index is 5.10. The molecule has 190 valence electrons. The van der Waals surface area contributed by atoms with Gasteiger partial charge in [-0.15, -0.1) is 0 Å². The Kier molecular flexibility index (Phi) is 4.60. The van der Waals surface area contributed by atoms with Crippen molar-refractivity contribution in [2.24, 2.45) is 0 Å². The van der Waals surface area contributed by atoms with E-state index >= 15 is 0 Å². The first-order valence-electron chi connectivity index (χ1n) is 14.2. The summed E-state index contributed by atoms with van der Waals surface area (Å²) in [7, 11) is 0. The normalized spacial score (nSPS) is 13.6. The molecule has 0 amide bonds. The van der Waals surface area contributed by atoms with Crippen molar-refractivity contribution in [3.8, 4) is 44.6 Å². The Morgan fingerprint density at radius 3 is 1.66 bits per heavy atom. The van der Waals surface area contributed by atoms with Crippen molar-refractivity contribution in [1.29, 1.82) is 0 Å². The number of hydrogen-bond acceptors (Lipinski definition) is 1. The molecular weight excluding hydrogens is 494 g/mol. The number of aromatic nitrogens is 1. The average molecular weight is 520 g/mol. The number of para-hydroxylation sites is 1. The second-order valence-electron chi connectivity index (χ2n) is 11.1. The van der Waals surface area contributed by atoms with E-state index < -0.39 is 0 Å². The molecule has 2 aliphatic carbocycles. The van der Waals surface area contributed by atoms with Crippen molar-refractivity contribution in [3.05, 3.63) is 174 Å². The van der Waals surface area contributed by atoms with Gasteiger partial charge < -0.3 is 0 Å². The highest BCUT2D eigenvalue weighted by atomic mass is 14.7. The average Bonchev–Trinajstić information content (AvgIpc) is 3.52. The van der Waals surface area contributed by atoms with Crippen LogP contribution in [-0.4, -0.2) is 4.98 Å². The Balaban J connectivity index is 1.42. The van der Waals surface area contributed by atoms with Crippen LogP contribution in [-0.2, 0) is 5.41 Å². The lowest BCUT2D eigenvalue weighted by Crippen LogP contribution is -2.25. The third-order valence-electron chi connectivity index (χ3n) is 9.10. The molecule has 1 spiro atoms. The van der Waals surface area contributed by atoms with Crippen LogP contribution in [0, 0.1) is 0 Å². The van der Waals surface area contributed by atoms with E-state index in [1.165, 1.54) is 61.0 Å². The highest BCUT2D eigenvalue weighted by molar-refractivity contribution is 6.05. The molecule has 9 rings (SSSR count). The van der Waals surface area contributed by atoms with Gasteiger partial charge in [0.15, 0.2) is 0 Å². The summed E-state index contributed by atoms with van der Waals surface area (Å²) < 4.78 is 0. The first kappa shape index (κ1) is 22.5. The molecule has 41 heavy (non-hydrogen) atoms. The first-order valence-corrected chi connectivity index (χ1v) is 14.2. The number of hydrogen-bond donors (Lipinski definition) is 0. The van der Waals surface area contributed by atoms with E-state index in [-0.39, 0.29) is 5.41 Å². The molecule has 0 saturated carbocycles. The van der Waals surface area contributed by atoms with Crippen LogP contribution in [0.15, 0.2) is 152 Å². The van der Waals surface area contributed by atoms with Gasteiger partial charge in [0, 0.05) is 10.9 Å². The minimum absolute atomic E-state index is 0.347. The van der Waals surface area contributed by atoms with Crippen LogP contribution in [0.25, 0.3) is 55.5 Å². The Morgan fingerprint density at radius 2 is 0.927 bits per heavy atom. The zero-order valence-corrected chi connectivity index (χ0v) is 22.4. The number of benzene rings is 6. The lowest BCUT2D eigenvalue weighted by molar-refractivity contribution is 0.794. The van der Waals surface area contributed by atoms with E-state index in [1.807, 2.05) is 0 Å². The molecule has 0 fully saturated rings. The Labute approximate surface area is 239 Å². The molecule has 0 aliphatic heterocycles. The molecule has 0 atom stereocenters. The van der Waals surface area contributed by atoms with Crippen molar-refractivity contribution in [2.45, 2.75) is 5.41 Å². The van der Waals surface area contributed by atoms with Crippen molar-refractivity contribution in [1.82, 2.24) is 4.98 Å². The van der Waals surface area contributed by atoms with Crippen LogP contribution < -0.4 is 0 Å². The number of fused-ring (bicyclic) bond motifs is 11. The molecular formula is C40H25N. The van der Waals surface area contributed by atoms with Gasteiger partial charge in [0.1, 0.15) is 0 Å². The standard InChI is InChI=1S/C40H25N/c1-2-13-26(14-3-1)38-25-32(29-17-7-11-24-37(29)41-38)30-19-12-23-36-39(30)31-18-6-10-22-35(31)40(36)33-20-8-4-15-27(33)28-16-5-9-21-34(28)40/h1-25H. The molecule has 2 aliphatic rings. The highest BCUT2D eigenvalue weighted by Gasteiger charge is 2.51. The summed E-state index contributed by atoms with van der Waals surface area (Å²) in [5.74, 6) is 0. The number of pyridine rings is 1. The van der Waals surface area contributed by atoms with Crippen molar-refractivity contribution in [2.75, 3.05) is 0 Å². The fourth-order valence-electron chi connectivity index (χ4n) is 7.52. The second-order valence-corrected chi connectivity index (χ2v) is 11.1. The van der Waals surface area contributed by atoms with E-state index in [1.54, 1.807) is 0 Å². The van der Waals surface area contributed by atoms with E-state index in [0.717, 1.165) is 16.8 Å². The first-order chi connectivity index (χ1) is 20.4. The van der Waals surface area contributed by atoms with Crippen LogP contribution in [0.5, 0.6) is 0 Å². The van der Waals surface area contributed by atoms with Gasteiger partial charge in [0.25, 0.3) is 0 Å². The summed E-state index contributed by atoms with van der Waals surface area (Å²) in [5.41, 5.74) is 16.0. The fraction of sp³-hybridized carbons (Fsp3) is 0.0250.